The fourth-order valence-corrected chi connectivity index (χ4v) is 3.37. The van der Waals surface area contributed by atoms with Gasteiger partial charge >= 0.3 is 0 Å². The number of unbranched alkanes of at least 4 members (excludes halogenated alkanes) is 2. The number of hydrogen-bond acceptors (Lipinski definition) is 3. The molecule has 1 aliphatic heterocycles. The summed E-state index contributed by atoms with van der Waals surface area (Å²) in [5.41, 5.74) is 4.76. The summed E-state index contributed by atoms with van der Waals surface area (Å²) in [5.74, 6) is 0.289. The van der Waals surface area contributed by atoms with Crippen LogP contribution >= 0.6 is 0 Å². The Morgan fingerprint density at radius 3 is 2.83 bits per heavy atom. The summed E-state index contributed by atoms with van der Waals surface area (Å²) >= 11 is 0. The van der Waals surface area contributed by atoms with Crippen LogP contribution in [0.5, 0.6) is 5.75 Å². The highest BCUT2D eigenvalue weighted by Crippen LogP contribution is 2.26. The summed E-state index contributed by atoms with van der Waals surface area (Å²) in [6, 6.07) is 12.5. The summed E-state index contributed by atoms with van der Waals surface area (Å²) in [4.78, 5) is 6.97. The Morgan fingerprint density at radius 2 is 1.96 bits per heavy atom. The second-order valence-electron chi connectivity index (χ2n) is 6.44. The second kappa shape index (κ2) is 7.49. The molecule has 0 atom stereocenters. The van der Waals surface area contributed by atoms with Crippen molar-refractivity contribution >= 4 is 5.69 Å². The molecule has 0 saturated heterocycles. The Labute approximate surface area is 139 Å². The molecule has 0 aliphatic carbocycles. The Morgan fingerprint density at radius 1 is 1.09 bits per heavy atom. The van der Waals surface area contributed by atoms with Gasteiger partial charge in [-0.15, -0.1) is 0 Å². The quantitative estimate of drug-likeness (QED) is 0.810. The molecule has 0 amide bonds. The van der Waals surface area contributed by atoms with Gasteiger partial charge in [0.25, 0.3) is 0 Å². The van der Waals surface area contributed by atoms with E-state index in [1.165, 1.54) is 43.5 Å². The number of nitrogens with zero attached hydrogens (tertiary/aromatic N) is 2. The Balaban J connectivity index is 1.43. The van der Waals surface area contributed by atoms with Crippen molar-refractivity contribution in [2.24, 2.45) is 0 Å². The molecule has 1 N–H and O–H groups in total. The third-order valence-corrected chi connectivity index (χ3v) is 4.68. The predicted molar refractivity (Wildman–Crippen MR) is 95.2 cm³/mol. The van der Waals surface area contributed by atoms with Crippen molar-refractivity contribution in [2.75, 3.05) is 18.0 Å². The van der Waals surface area contributed by atoms with E-state index in [2.05, 4.69) is 34.1 Å². The van der Waals surface area contributed by atoms with E-state index < -0.39 is 0 Å². The summed E-state index contributed by atoms with van der Waals surface area (Å²) in [7, 11) is 0. The highest BCUT2D eigenvalue weighted by atomic mass is 16.3. The van der Waals surface area contributed by atoms with Crippen LogP contribution in [-0.4, -0.2) is 23.2 Å². The van der Waals surface area contributed by atoms with Gasteiger partial charge in [-0.1, -0.05) is 24.6 Å². The SMILES string of the molecule is Cc1nc(CCCCCN2CCCc3ccccc32)ccc1O. The van der Waals surface area contributed by atoms with Gasteiger partial charge in [-0.2, -0.15) is 0 Å². The van der Waals surface area contributed by atoms with Crippen LogP contribution < -0.4 is 4.90 Å². The van der Waals surface area contributed by atoms with E-state index in [4.69, 9.17) is 0 Å². The monoisotopic (exact) mass is 310 g/mol. The molecular weight excluding hydrogens is 284 g/mol. The number of benzene rings is 1. The zero-order valence-corrected chi connectivity index (χ0v) is 14.0. The van der Waals surface area contributed by atoms with Crippen molar-refractivity contribution in [3.05, 3.63) is 53.3 Å². The standard InChI is InChI=1S/C20H26N2O/c1-16-20(23)13-12-18(21-16)10-3-2-6-14-22-15-7-9-17-8-4-5-11-19(17)22/h4-5,8,11-13,23H,2-3,6-7,9-10,14-15H2,1H3. The first-order chi connectivity index (χ1) is 11.2. The normalized spacial score (nSPS) is 13.9. The number of aryl methyl sites for hydroxylation is 3. The summed E-state index contributed by atoms with van der Waals surface area (Å²) in [6.45, 7) is 4.20. The molecule has 3 nitrogen and oxygen atoms in total. The highest BCUT2D eigenvalue weighted by molar-refractivity contribution is 5.55. The van der Waals surface area contributed by atoms with Crippen LogP contribution in [0.2, 0.25) is 0 Å². The molecule has 1 aliphatic rings. The van der Waals surface area contributed by atoms with E-state index >= 15 is 0 Å². The van der Waals surface area contributed by atoms with Crippen LogP contribution in [-0.2, 0) is 12.8 Å². The molecular formula is C20H26N2O. The van der Waals surface area contributed by atoms with Crippen LogP contribution in [0.4, 0.5) is 5.69 Å². The molecule has 3 rings (SSSR count). The first-order valence-corrected chi connectivity index (χ1v) is 8.72. The molecule has 2 aromatic rings. The third kappa shape index (κ3) is 4.04. The van der Waals surface area contributed by atoms with Gasteiger partial charge in [-0.05, 0) is 62.8 Å². The van der Waals surface area contributed by atoms with Crippen LogP contribution in [0, 0.1) is 6.92 Å². The predicted octanol–water partition coefficient (Wildman–Crippen LogP) is 4.26. The van der Waals surface area contributed by atoms with Gasteiger partial charge in [0.2, 0.25) is 0 Å². The van der Waals surface area contributed by atoms with Crippen LogP contribution in [0.1, 0.15) is 42.6 Å². The summed E-state index contributed by atoms with van der Waals surface area (Å²) in [5, 5.41) is 9.51. The molecule has 23 heavy (non-hydrogen) atoms. The minimum absolute atomic E-state index is 0.289. The number of para-hydroxylation sites is 1. The van der Waals surface area contributed by atoms with Crippen molar-refractivity contribution in [3.8, 4) is 5.75 Å². The highest BCUT2D eigenvalue weighted by Gasteiger charge is 2.15. The number of aromatic hydroxyl groups is 1. The van der Waals surface area contributed by atoms with Gasteiger partial charge in [0.05, 0.1) is 5.69 Å². The Hall–Kier alpha value is -2.03. The number of rotatable bonds is 6. The fraction of sp³-hybridized carbons (Fsp3) is 0.450. The molecule has 1 aromatic carbocycles. The first-order valence-electron chi connectivity index (χ1n) is 8.72. The van der Waals surface area contributed by atoms with Gasteiger partial charge in [0, 0.05) is 24.5 Å². The van der Waals surface area contributed by atoms with E-state index in [9.17, 15) is 5.11 Å². The van der Waals surface area contributed by atoms with E-state index in [1.54, 1.807) is 6.07 Å². The molecule has 0 fully saturated rings. The van der Waals surface area contributed by atoms with Gasteiger partial charge in [0.15, 0.2) is 0 Å². The summed E-state index contributed by atoms with van der Waals surface area (Å²) < 4.78 is 0. The van der Waals surface area contributed by atoms with E-state index in [-0.39, 0.29) is 5.75 Å². The molecule has 0 saturated carbocycles. The maximum atomic E-state index is 9.51. The third-order valence-electron chi connectivity index (χ3n) is 4.68. The molecule has 0 bridgehead atoms. The zero-order chi connectivity index (χ0) is 16.1. The lowest BCUT2D eigenvalue weighted by atomic mass is 10.0. The van der Waals surface area contributed by atoms with E-state index in [1.807, 2.05) is 13.0 Å². The largest absolute Gasteiger partial charge is 0.506 e. The average molecular weight is 310 g/mol. The lowest BCUT2D eigenvalue weighted by molar-refractivity contribution is 0.466. The van der Waals surface area contributed by atoms with Gasteiger partial charge < -0.3 is 10.0 Å². The van der Waals surface area contributed by atoms with E-state index in [0.717, 1.165) is 30.8 Å². The number of pyridine rings is 1. The number of aromatic nitrogens is 1. The molecule has 122 valence electrons. The molecule has 0 radical (unpaired) electrons. The Bertz CT molecular complexity index is 654. The fourth-order valence-electron chi connectivity index (χ4n) is 3.37. The van der Waals surface area contributed by atoms with Gasteiger partial charge in [-0.25, -0.2) is 0 Å². The lowest BCUT2D eigenvalue weighted by Gasteiger charge is -2.31. The van der Waals surface area contributed by atoms with Crippen LogP contribution in [0.3, 0.4) is 0 Å². The molecule has 2 heterocycles. The van der Waals surface area contributed by atoms with Crippen molar-refractivity contribution in [1.29, 1.82) is 0 Å². The van der Waals surface area contributed by atoms with E-state index in [0.29, 0.717) is 0 Å². The second-order valence-corrected chi connectivity index (χ2v) is 6.44. The van der Waals surface area contributed by atoms with Crippen LogP contribution in [0.25, 0.3) is 0 Å². The maximum Gasteiger partial charge on any atom is 0.136 e. The van der Waals surface area contributed by atoms with Crippen molar-refractivity contribution < 1.29 is 5.11 Å². The minimum Gasteiger partial charge on any atom is -0.506 e. The number of anilines is 1. The lowest BCUT2D eigenvalue weighted by Crippen LogP contribution is -2.30. The molecule has 0 unspecified atom stereocenters. The van der Waals surface area contributed by atoms with Crippen molar-refractivity contribution in [2.45, 2.75) is 45.4 Å². The first kappa shape index (κ1) is 15.9. The summed E-state index contributed by atoms with van der Waals surface area (Å²) in [6.07, 6.45) is 7.10. The van der Waals surface area contributed by atoms with Gasteiger partial charge in [-0.3, -0.25) is 4.98 Å². The maximum absolute atomic E-state index is 9.51. The Kier molecular flexibility index (Phi) is 5.16. The number of hydrogen-bond donors (Lipinski definition) is 1. The smallest absolute Gasteiger partial charge is 0.136 e. The molecule has 3 heteroatoms. The molecule has 1 aromatic heterocycles. The minimum atomic E-state index is 0.289. The zero-order valence-electron chi connectivity index (χ0n) is 14.0. The topological polar surface area (TPSA) is 36.4 Å². The van der Waals surface area contributed by atoms with Crippen LogP contribution in [0.15, 0.2) is 36.4 Å². The van der Waals surface area contributed by atoms with Gasteiger partial charge in [0.1, 0.15) is 5.75 Å². The van der Waals surface area contributed by atoms with Crippen molar-refractivity contribution in [3.63, 3.8) is 0 Å². The average Bonchev–Trinajstić information content (AvgIpc) is 2.58. The molecule has 0 spiro atoms. The van der Waals surface area contributed by atoms with Crippen molar-refractivity contribution in [1.82, 2.24) is 4.98 Å². The number of fused-ring (bicyclic) bond motifs is 1.